The molecule has 5 N–H and O–H groups in total. The van der Waals surface area contributed by atoms with Crippen LogP contribution >= 0.6 is 69.6 Å². The van der Waals surface area contributed by atoms with E-state index < -0.39 is 24.4 Å². The second-order valence-corrected chi connectivity index (χ2v) is 15.4. The third-order valence-corrected chi connectivity index (χ3v) is 8.90. The van der Waals surface area contributed by atoms with Crippen molar-refractivity contribution in [3.8, 4) is 11.5 Å². The van der Waals surface area contributed by atoms with Crippen LogP contribution < -0.4 is 25.4 Å². The minimum atomic E-state index is -1.18. The molecule has 4 aromatic carbocycles. The molecule has 0 saturated heterocycles. The van der Waals surface area contributed by atoms with E-state index in [1.165, 1.54) is 24.3 Å². The molecule has 0 unspecified atom stereocenters. The predicted octanol–water partition coefficient (Wildman–Crippen LogP) is 10.1. The molecule has 0 aromatic heterocycles. The number of carbonyl (C=O) groups excluding carboxylic acids is 3. The first kappa shape index (κ1) is 46.9. The summed E-state index contributed by atoms with van der Waals surface area (Å²) in [6.07, 6.45) is -0.188. The number of carbonyl (C=O) groups is 5. The Bertz CT molecular complexity index is 2100. The summed E-state index contributed by atoms with van der Waals surface area (Å²) in [4.78, 5) is 57.1. The van der Waals surface area contributed by atoms with Gasteiger partial charge in [-0.25, -0.2) is 0 Å². The zero-order chi connectivity index (χ0) is 42.6. The largest absolute Gasteiger partial charge is 0.486 e. The van der Waals surface area contributed by atoms with Gasteiger partial charge >= 0.3 is 11.9 Å². The summed E-state index contributed by atoms with van der Waals surface area (Å²) in [5.74, 6) is -3.00. The van der Waals surface area contributed by atoms with Gasteiger partial charge in [-0.3, -0.25) is 24.0 Å². The second-order valence-electron chi connectivity index (χ2n) is 12.9. The van der Waals surface area contributed by atoms with Gasteiger partial charge in [0.15, 0.2) is 11.5 Å². The predicted molar refractivity (Wildman–Crippen MR) is 223 cm³/mol. The lowest BCUT2D eigenvalue weighted by Gasteiger charge is -2.14. The summed E-state index contributed by atoms with van der Waals surface area (Å²) in [5, 5.41) is 26.7. The Hall–Kier alpha value is -4.43. The number of ether oxygens (including phenoxy) is 2. The van der Waals surface area contributed by atoms with Gasteiger partial charge in [-0.15, -0.1) is 0 Å². The standard InChI is InChI=1S/C20H19Cl3N2O5.C19H18Cl3NO4/c1-10(2)19(28)25-14-4-11(3-13(21)7-14)9-30-18-15(22)5-12(6-16(18)23)20(29)24-8-17(26)27;1-10(2)19(26)23-14-4-12(3-13(20)8-14)9-27-18-15(21)5-11(6-16(18)22)7-17(24)25/h3-7,10H,8-9H2,1-2H3,(H,24,29)(H,25,28)(H,26,27);3-6,8,10H,7,9H2,1-2H3,(H,23,26)(H,24,25). The Morgan fingerprint density at radius 1 is 0.561 bits per heavy atom. The van der Waals surface area contributed by atoms with Gasteiger partial charge in [0.25, 0.3) is 5.91 Å². The van der Waals surface area contributed by atoms with Crippen molar-refractivity contribution in [1.82, 2.24) is 5.32 Å². The van der Waals surface area contributed by atoms with Crippen molar-refractivity contribution in [3.63, 3.8) is 0 Å². The molecule has 0 heterocycles. The maximum atomic E-state index is 12.0. The number of anilines is 2. The topological polar surface area (TPSA) is 180 Å². The zero-order valence-corrected chi connectivity index (χ0v) is 35.3. The minimum absolute atomic E-state index is 0.0507. The number of hydrogen-bond acceptors (Lipinski definition) is 7. The fraction of sp³-hybridized carbons (Fsp3) is 0.256. The Labute approximate surface area is 358 Å². The van der Waals surface area contributed by atoms with Crippen LogP contribution in [-0.4, -0.2) is 46.4 Å². The summed E-state index contributed by atoms with van der Waals surface area (Å²) in [6.45, 7) is 6.78. The van der Waals surface area contributed by atoms with E-state index in [2.05, 4.69) is 16.0 Å². The summed E-state index contributed by atoms with van der Waals surface area (Å²) in [6, 6.07) is 15.7. The highest BCUT2D eigenvalue weighted by molar-refractivity contribution is 6.38. The average molecular weight is 904 g/mol. The number of carboxylic acids is 2. The van der Waals surface area contributed by atoms with Crippen molar-refractivity contribution in [3.05, 3.63) is 113 Å². The average Bonchev–Trinajstić information content (AvgIpc) is 3.09. The molecule has 0 fully saturated rings. The number of rotatable bonds is 15. The molecule has 0 atom stereocenters. The smallest absolute Gasteiger partial charge is 0.322 e. The number of carboxylic acid groups (broad SMARTS) is 2. The number of halogens is 6. The summed E-state index contributed by atoms with van der Waals surface area (Å²) < 4.78 is 11.4. The summed E-state index contributed by atoms with van der Waals surface area (Å²) >= 11 is 36.9. The van der Waals surface area contributed by atoms with Crippen molar-refractivity contribution >= 4 is 111 Å². The maximum absolute atomic E-state index is 12.0. The Morgan fingerprint density at radius 2 is 0.965 bits per heavy atom. The molecule has 0 radical (unpaired) electrons. The van der Waals surface area contributed by atoms with Crippen molar-refractivity contribution in [2.24, 2.45) is 11.8 Å². The van der Waals surface area contributed by atoms with Gasteiger partial charge in [-0.2, -0.15) is 0 Å². The van der Waals surface area contributed by atoms with E-state index in [1.807, 2.05) is 0 Å². The van der Waals surface area contributed by atoms with E-state index in [4.69, 9.17) is 89.3 Å². The van der Waals surface area contributed by atoms with Crippen LogP contribution in [0.4, 0.5) is 11.4 Å². The van der Waals surface area contributed by atoms with Gasteiger partial charge in [0, 0.05) is 38.8 Å². The molecule has 0 spiro atoms. The molecule has 0 aliphatic heterocycles. The van der Waals surface area contributed by atoms with E-state index >= 15 is 0 Å². The number of benzene rings is 4. The molecule has 3 amide bonds. The molecular formula is C39H37Cl6N3O9. The fourth-order valence-electron chi connectivity index (χ4n) is 4.61. The molecule has 4 rings (SSSR count). The molecule has 304 valence electrons. The third-order valence-electron chi connectivity index (χ3n) is 7.34. The number of aliphatic carboxylic acids is 2. The lowest BCUT2D eigenvalue weighted by Crippen LogP contribution is -2.29. The van der Waals surface area contributed by atoms with E-state index in [0.717, 1.165) is 0 Å². The van der Waals surface area contributed by atoms with Crippen LogP contribution in [-0.2, 0) is 38.8 Å². The van der Waals surface area contributed by atoms with Gasteiger partial charge in [0.05, 0.1) is 26.5 Å². The highest BCUT2D eigenvalue weighted by Gasteiger charge is 2.17. The molecule has 18 heteroatoms. The van der Waals surface area contributed by atoms with Crippen LogP contribution in [0.5, 0.6) is 11.5 Å². The van der Waals surface area contributed by atoms with Gasteiger partial charge in [0.2, 0.25) is 11.8 Å². The highest BCUT2D eigenvalue weighted by Crippen LogP contribution is 2.36. The van der Waals surface area contributed by atoms with Gasteiger partial charge in [-0.1, -0.05) is 97.3 Å². The van der Waals surface area contributed by atoms with E-state index in [0.29, 0.717) is 38.1 Å². The Morgan fingerprint density at radius 3 is 1.33 bits per heavy atom. The van der Waals surface area contributed by atoms with Crippen molar-refractivity contribution in [2.45, 2.75) is 47.3 Å². The van der Waals surface area contributed by atoms with Crippen LogP contribution in [0.2, 0.25) is 30.1 Å². The highest BCUT2D eigenvalue weighted by atomic mass is 35.5. The molecule has 0 aliphatic carbocycles. The van der Waals surface area contributed by atoms with Gasteiger partial charge in [-0.05, 0) is 77.4 Å². The van der Waals surface area contributed by atoms with Crippen molar-refractivity contribution in [1.29, 1.82) is 0 Å². The zero-order valence-electron chi connectivity index (χ0n) is 30.8. The minimum Gasteiger partial charge on any atom is -0.486 e. The molecular weight excluding hydrogens is 867 g/mol. The molecule has 57 heavy (non-hydrogen) atoms. The third kappa shape index (κ3) is 15.4. The van der Waals surface area contributed by atoms with Crippen LogP contribution in [0, 0.1) is 11.8 Å². The van der Waals surface area contributed by atoms with Crippen LogP contribution in [0.1, 0.15) is 54.7 Å². The first-order valence-electron chi connectivity index (χ1n) is 16.9. The summed E-state index contributed by atoms with van der Waals surface area (Å²) in [7, 11) is 0. The lowest BCUT2D eigenvalue weighted by atomic mass is 10.1. The number of nitrogens with one attached hydrogen (secondary N) is 3. The molecule has 0 saturated carbocycles. The Balaban J connectivity index is 0.000000307. The van der Waals surface area contributed by atoms with Gasteiger partial charge in [0.1, 0.15) is 19.8 Å². The first-order valence-corrected chi connectivity index (χ1v) is 19.1. The normalized spacial score (nSPS) is 10.7. The first-order chi connectivity index (χ1) is 26.7. The van der Waals surface area contributed by atoms with Crippen LogP contribution in [0.3, 0.4) is 0 Å². The quantitative estimate of drug-likeness (QED) is 0.0776. The van der Waals surface area contributed by atoms with Crippen LogP contribution in [0.25, 0.3) is 0 Å². The van der Waals surface area contributed by atoms with E-state index in [1.54, 1.807) is 64.1 Å². The SMILES string of the molecule is CC(C)C(=O)Nc1cc(Cl)cc(COc2c(Cl)cc(C(=O)NCC(=O)O)cc2Cl)c1.CC(C)C(=O)Nc1cc(Cl)cc(COc2c(Cl)cc(CC(=O)O)cc2Cl)c1. The number of amides is 3. The molecule has 4 aromatic rings. The fourth-order valence-corrected chi connectivity index (χ4v) is 6.36. The molecule has 0 bridgehead atoms. The van der Waals surface area contributed by atoms with Crippen LogP contribution in [0.15, 0.2) is 60.7 Å². The maximum Gasteiger partial charge on any atom is 0.322 e. The summed E-state index contributed by atoms with van der Waals surface area (Å²) in [5.41, 5.74) is 3.04. The van der Waals surface area contributed by atoms with E-state index in [9.17, 15) is 24.0 Å². The van der Waals surface area contributed by atoms with Crippen molar-refractivity contribution < 1.29 is 43.7 Å². The lowest BCUT2D eigenvalue weighted by molar-refractivity contribution is -0.137. The molecule has 12 nitrogen and oxygen atoms in total. The van der Waals surface area contributed by atoms with E-state index in [-0.39, 0.29) is 80.4 Å². The monoisotopic (exact) mass is 901 g/mol. The molecule has 0 aliphatic rings. The van der Waals surface area contributed by atoms with Crippen molar-refractivity contribution in [2.75, 3.05) is 17.2 Å². The Kier molecular flexibility index (Phi) is 18.1. The number of hydrogen-bond donors (Lipinski definition) is 5. The van der Waals surface area contributed by atoms with Gasteiger partial charge < -0.3 is 35.6 Å². The second kappa shape index (κ2) is 21.9.